The van der Waals surface area contributed by atoms with E-state index in [1.54, 1.807) is 4.90 Å². The van der Waals surface area contributed by atoms with Gasteiger partial charge >= 0.3 is 0 Å². The fraction of sp³-hybridized carbons (Fsp3) is 0.389. The van der Waals surface area contributed by atoms with E-state index in [2.05, 4.69) is 0 Å². The Morgan fingerprint density at radius 1 is 1.13 bits per heavy atom. The Hall–Kier alpha value is -2.43. The molecule has 1 saturated carbocycles. The highest BCUT2D eigenvalue weighted by molar-refractivity contribution is 6.09. The summed E-state index contributed by atoms with van der Waals surface area (Å²) in [7, 11) is 0. The third kappa shape index (κ3) is 2.19. The van der Waals surface area contributed by atoms with Gasteiger partial charge in [0.15, 0.2) is 0 Å². The summed E-state index contributed by atoms with van der Waals surface area (Å²) >= 11 is 0. The number of likely N-dealkylation sites (tertiary alicyclic amines) is 1. The molecule has 4 rings (SSSR count). The van der Waals surface area contributed by atoms with Crippen molar-refractivity contribution in [2.24, 2.45) is 5.41 Å². The topological polar surface area (TPSA) is 67.6 Å². The third-order valence-corrected chi connectivity index (χ3v) is 5.20. The maximum Gasteiger partial charge on any atom is 0.257 e. The SMILES string of the molecule is O=C1CC(=O)C2(CCN(C(=O)c3coc4ccccc34)CC2)C1. The van der Waals surface area contributed by atoms with Gasteiger partial charge in [-0.05, 0) is 18.9 Å². The Labute approximate surface area is 133 Å². The molecule has 1 aromatic heterocycles. The summed E-state index contributed by atoms with van der Waals surface area (Å²) in [6.45, 7) is 1.02. The summed E-state index contributed by atoms with van der Waals surface area (Å²) < 4.78 is 5.44. The molecule has 2 heterocycles. The molecule has 0 unspecified atom stereocenters. The van der Waals surface area contributed by atoms with Crippen LogP contribution >= 0.6 is 0 Å². The molecule has 1 spiro atoms. The number of fused-ring (bicyclic) bond motifs is 1. The molecule has 2 aliphatic rings. The van der Waals surface area contributed by atoms with Crippen molar-refractivity contribution < 1.29 is 18.8 Å². The van der Waals surface area contributed by atoms with Crippen molar-refractivity contribution in [2.75, 3.05) is 13.1 Å². The van der Waals surface area contributed by atoms with Gasteiger partial charge in [-0.15, -0.1) is 0 Å². The first kappa shape index (κ1) is 14.2. The second-order valence-corrected chi connectivity index (χ2v) is 6.53. The molecule has 118 valence electrons. The normalized spacial score (nSPS) is 20.6. The van der Waals surface area contributed by atoms with Gasteiger partial charge in [-0.25, -0.2) is 0 Å². The van der Waals surface area contributed by atoms with Gasteiger partial charge in [-0.2, -0.15) is 0 Å². The van der Waals surface area contributed by atoms with Gasteiger partial charge in [0.2, 0.25) is 0 Å². The standard InChI is InChI=1S/C18H17NO4/c20-12-9-16(21)18(10-12)5-7-19(8-6-18)17(22)14-11-23-15-4-2-1-3-13(14)15/h1-4,11H,5-10H2. The second kappa shape index (κ2) is 5.05. The van der Waals surface area contributed by atoms with E-state index in [-0.39, 0.29) is 23.9 Å². The van der Waals surface area contributed by atoms with Gasteiger partial charge < -0.3 is 9.32 Å². The fourth-order valence-corrected chi connectivity index (χ4v) is 3.81. The lowest BCUT2D eigenvalue weighted by atomic mass is 9.76. The molecule has 5 nitrogen and oxygen atoms in total. The first-order valence-electron chi connectivity index (χ1n) is 7.90. The minimum absolute atomic E-state index is 0.0376. The summed E-state index contributed by atoms with van der Waals surface area (Å²) in [4.78, 5) is 38.2. The molecule has 23 heavy (non-hydrogen) atoms. The Morgan fingerprint density at radius 2 is 1.87 bits per heavy atom. The van der Waals surface area contributed by atoms with E-state index in [4.69, 9.17) is 4.42 Å². The predicted octanol–water partition coefficient (Wildman–Crippen LogP) is 2.59. The average molecular weight is 311 g/mol. The molecule has 0 bridgehead atoms. The summed E-state index contributed by atoms with van der Waals surface area (Å²) in [5.74, 6) is 0.0283. The first-order valence-corrected chi connectivity index (χ1v) is 7.90. The molecule has 2 fully saturated rings. The number of carbonyl (C=O) groups is 3. The van der Waals surface area contributed by atoms with Crippen molar-refractivity contribution in [3.63, 3.8) is 0 Å². The molecule has 1 saturated heterocycles. The lowest BCUT2D eigenvalue weighted by molar-refractivity contribution is -0.128. The van der Waals surface area contributed by atoms with Crippen molar-refractivity contribution in [1.29, 1.82) is 0 Å². The summed E-state index contributed by atoms with van der Waals surface area (Å²) in [5.41, 5.74) is 0.748. The number of hydrogen-bond donors (Lipinski definition) is 0. The van der Waals surface area contributed by atoms with E-state index in [1.165, 1.54) is 6.26 Å². The van der Waals surface area contributed by atoms with Crippen LogP contribution < -0.4 is 0 Å². The lowest BCUT2D eigenvalue weighted by Gasteiger charge is -2.37. The predicted molar refractivity (Wildman–Crippen MR) is 83.0 cm³/mol. The molecule has 0 atom stereocenters. The zero-order chi connectivity index (χ0) is 16.0. The minimum atomic E-state index is -0.508. The molecule has 1 aromatic carbocycles. The van der Waals surface area contributed by atoms with E-state index < -0.39 is 5.41 Å². The maximum atomic E-state index is 12.7. The zero-order valence-corrected chi connectivity index (χ0v) is 12.7. The molecule has 0 N–H and O–H groups in total. The van der Waals surface area contributed by atoms with Gasteiger partial charge in [0.05, 0.1) is 12.0 Å². The van der Waals surface area contributed by atoms with Crippen LogP contribution in [0.2, 0.25) is 0 Å². The third-order valence-electron chi connectivity index (χ3n) is 5.20. The minimum Gasteiger partial charge on any atom is -0.463 e. The van der Waals surface area contributed by atoms with E-state index >= 15 is 0 Å². The van der Waals surface area contributed by atoms with Gasteiger partial charge in [-0.3, -0.25) is 14.4 Å². The highest BCUT2D eigenvalue weighted by Gasteiger charge is 2.48. The van der Waals surface area contributed by atoms with Crippen LogP contribution in [-0.4, -0.2) is 35.5 Å². The average Bonchev–Trinajstić information content (AvgIpc) is 3.09. The number of carbonyl (C=O) groups excluding carboxylic acids is 3. The fourth-order valence-electron chi connectivity index (χ4n) is 3.81. The maximum absolute atomic E-state index is 12.7. The van der Waals surface area contributed by atoms with Crippen LogP contribution in [0.1, 0.15) is 36.0 Å². The van der Waals surface area contributed by atoms with Gasteiger partial charge in [-0.1, -0.05) is 18.2 Å². The van der Waals surface area contributed by atoms with Gasteiger partial charge in [0.25, 0.3) is 5.91 Å². The number of rotatable bonds is 1. The largest absolute Gasteiger partial charge is 0.463 e. The molecule has 1 aliphatic carbocycles. The van der Waals surface area contributed by atoms with E-state index in [0.29, 0.717) is 43.5 Å². The lowest BCUT2D eigenvalue weighted by Crippen LogP contribution is -2.44. The number of para-hydroxylation sites is 1. The number of furan rings is 1. The molecule has 0 radical (unpaired) electrons. The van der Waals surface area contributed by atoms with Crippen LogP contribution in [0.5, 0.6) is 0 Å². The van der Waals surface area contributed by atoms with Crippen molar-refractivity contribution in [1.82, 2.24) is 4.90 Å². The Morgan fingerprint density at radius 3 is 2.57 bits per heavy atom. The highest BCUT2D eigenvalue weighted by Crippen LogP contribution is 2.42. The summed E-state index contributed by atoms with van der Waals surface area (Å²) in [6, 6.07) is 7.45. The number of piperidine rings is 1. The quantitative estimate of drug-likeness (QED) is 0.759. The van der Waals surface area contributed by atoms with Crippen LogP contribution in [0.15, 0.2) is 34.9 Å². The molecular weight excluding hydrogens is 294 g/mol. The monoisotopic (exact) mass is 311 g/mol. The van der Waals surface area contributed by atoms with Crippen LogP contribution in [0.25, 0.3) is 11.0 Å². The molecular formula is C18H17NO4. The Balaban J connectivity index is 1.53. The summed E-state index contributed by atoms with van der Waals surface area (Å²) in [5, 5.41) is 0.810. The molecule has 1 amide bonds. The number of nitrogens with zero attached hydrogens (tertiary/aromatic N) is 1. The van der Waals surface area contributed by atoms with Crippen molar-refractivity contribution in [3.05, 3.63) is 36.1 Å². The van der Waals surface area contributed by atoms with Crippen molar-refractivity contribution >= 4 is 28.4 Å². The number of ketones is 2. The molecule has 5 heteroatoms. The van der Waals surface area contributed by atoms with Crippen molar-refractivity contribution in [3.8, 4) is 0 Å². The van der Waals surface area contributed by atoms with E-state index in [9.17, 15) is 14.4 Å². The van der Waals surface area contributed by atoms with E-state index in [1.807, 2.05) is 24.3 Å². The number of amides is 1. The van der Waals surface area contributed by atoms with Crippen LogP contribution in [0, 0.1) is 5.41 Å². The van der Waals surface area contributed by atoms with Crippen molar-refractivity contribution in [2.45, 2.75) is 25.7 Å². The van der Waals surface area contributed by atoms with Crippen LogP contribution in [0.3, 0.4) is 0 Å². The smallest absolute Gasteiger partial charge is 0.257 e. The second-order valence-electron chi connectivity index (χ2n) is 6.53. The Bertz CT molecular complexity index is 811. The zero-order valence-electron chi connectivity index (χ0n) is 12.7. The Kier molecular flexibility index (Phi) is 3.11. The van der Waals surface area contributed by atoms with Gasteiger partial charge in [0, 0.05) is 30.3 Å². The number of benzene rings is 1. The summed E-state index contributed by atoms with van der Waals surface area (Å²) in [6.07, 6.45) is 3.09. The molecule has 2 aromatic rings. The van der Waals surface area contributed by atoms with E-state index in [0.717, 1.165) is 5.39 Å². The van der Waals surface area contributed by atoms with Gasteiger partial charge in [0.1, 0.15) is 23.4 Å². The number of Topliss-reactive ketones (excluding diaryl/α,β-unsaturated/α-hetero) is 2. The van der Waals surface area contributed by atoms with Crippen LogP contribution in [-0.2, 0) is 9.59 Å². The first-order chi connectivity index (χ1) is 11.1. The highest BCUT2D eigenvalue weighted by atomic mass is 16.3. The van der Waals surface area contributed by atoms with Crippen LogP contribution in [0.4, 0.5) is 0 Å². The number of hydrogen-bond acceptors (Lipinski definition) is 4. The molecule has 1 aliphatic heterocycles.